The van der Waals surface area contributed by atoms with E-state index in [0.717, 1.165) is 18.3 Å². The van der Waals surface area contributed by atoms with E-state index in [0.29, 0.717) is 11.6 Å². The van der Waals surface area contributed by atoms with Crippen LogP contribution in [0.3, 0.4) is 0 Å². The van der Waals surface area contributed by atoms with Crippen molar-refractivity contribution in [2.45, 2.75) is 19.6 Å². The quantitative estimate of drug-likeness (QED) is 0.393. The minimum Gasteiger partial charge on any atom is -0.489 e. The van der Waals surface area contributed by atoms with Gasteiger partial charge in [-0.1, -0.05) is 17.7 Å². The number of nitrogens with zero attached hydrogens (tertiary/aromatic N) is 2. The van der Waals surface area contributed by atoms with Crippen LogP contribution >= 0.6 is 35.6 Å². The van der Waals surface area contributed by atoms with Gasteiger partial charge in [0.1, 0.15) is 11.9 Å². The van der Waals surface area contributed by atoms with Gasteiger partial charge in [-0.05, 0) is 36.8 Å². The van der Waals surface area contributed by atoms with Crippen molar-refractivity contribution in [3.63, 3.8) is 0 Å². The topological polar surface area (TPSA) is 50.6 Å². The molecule has 2 aromatic rings. The lowest BCUT2D eigenvalue weighted by Gasteiger charge is -2.17. The Kier molecular flexibility index (Phi) is 8.99. The standard InChI is InChI=1S/C17H23ClN4O.HI/c1-13(23-16-6-4-5-15(18)9-16)10-20-17(19-2)21-11-14-7-8-22(3)12-14;/h4-9,12-13H,10-11H2,1-3H3,(H2,19,20,21);1H. The lowest BCUT2D eigenvalue weighted by atomic mass is 10.3. The zero-order valence-electron chi connectivity index (χ0n) is 14.1. The first kappa shape index (κ1) is 20.6. The smallest absolute Gasteiger partial charge is 0.191 e. The largest absolute Gasteiger partial charge is 0.489 e. The third-order valence-electron chi connectivity index (χ3n) is 3.27. The number of benzene rings is 1. The van der Waals surface area contributed by atoms with Crippen LogP contribution in [0.5, 0.6) is 5.75 Å². The number of aromatic nitrogens is 1. The molecule has 0 fully saturated rings. The van der Waals surface area contributed by atoms with Crippen molar-refractivity contribution in [2.24, 2.45) is 12.0 Å². The Hall–Kier alpha value is -1.41. The molecule has 1 aromatic carbocycles. The zero-order chi connectivity index (χ0) is 16.7. The first-order chi connectivity index (χ1) is 11.1. The van der Waals surface area contributed by atoms with E-state index in [-0.39, 0.29) is 30.1 Å². The molecule has 1 unspecified atom stereocenters. The van der Waals surface area contributed by atoms with Crippen molar-refractivity contribution in [3.05, 3.63) is 53.3 Å². The van der Waals surface area contributed by atoms with E-state index in [9.17, 15) is 0 Å². The van der Waals surface area contributed by atoms with Gasteiger partial charge >= 0.3 is 0 Å². The van der Waals surface area contributed by atoms with E-state index in [1.54, 1.807) is 13.1 Å². The van der Waals surface area contributed by atoms with Crippen molar-refractivity contribution in [3.8, 4) is 5.75 Å². The number of aryl methyl sites for hydroxylation is 1. The molecule has 132 valence electrons. The molecule has 1 heterocycles. The molecule has 2 N–H and O–H groups in total. The molecule has 24 heavy (non-hydrogen) atoms. The van der Waals surface area contributed by atoms with Gasteiger partial charge < -0.3 is 19.9 Å². The molecule has 1 aromatic heterocycles. The van der Waals surface area contributed by atoms with Gasteiger partial charge in [0, 0.05) is 38.1 Å². The number of ether oxygens (including phenoxy) is 1. The Morgan fingerprint density at radius 1 is 1.33 bits per heavy atom. The number of guanidine groups is 1. The molecule has 0 spiro atoms. The maximum atomic E-state index is 5.95. The summed E-state index contributed by atoms with van der Waals surface area (Å²) in [5.41, 5.74) is 1.21. The van der Waals surface area contributed by atoms with Crippen LogP contribution in [0.4, 0.5) is 0 Å². The summed E-state index contributed by atoms with van der Waals surface area (Å²) in [6, 6.07) is 9.47. The number of hydrogen-bond acceptors (Lipinski definition) is 2. The number of nitrogens with one attached hydrogen (secondary N) is 2. The summed E-state index contributed by atoms with van der Waals surface area (Å²) < 4.78 is 7.85. The van der Waals surface area contributed by atoms with Gasteiger partial charge in [-0.15, -0.1) is 24.0 Å². The molecular formula is C17H24ClIN4O. The highest BCUT2D eigenvalue weighted by molar-refractivity contribution is 14.0. The minimum atomic E-state index is -0.0104. The van der Waals surface area contributed by atoms with E-state index in [1.807, 2.05) is 42.9 Å². The molecule has 0 saturated heterocycles. The van der Waals surface area contributed by atoms with Crippen molar-refractivity contribution >= 4 is 41.5 Å². The van der Waals surface area contributed by atoms with Crippen LogP contribution in [0.15, 0.2) is 47.7 Å². The number of halogens is 2. The molecule has 0 saturated carbocycles. The summed E-state index contributed by atoms with van der Waals surface area (Å²) in [5, 5.41) is 7.20. The summed E-state index contributed by atoms with van der Waals surface area (Å²) in [4.78, 5) is 4.21. The lowest BCUT2D eigenvalue weighted by molar-refractivity contribution is 0.224. The first-order valence-electron chi connectivity index (χ1n) is 7.54. The predicted molar refractivity (Wildman–Crippen MR) is 111 cm³/mol. The van der Waals surface area contributed by atoms with Gasteiger partial charge in [-0.3, -0.25) is 4.99 Å². The molecule has 0 amide bonds. The Bertz CT molecular complexity index is 660. The summed E-state index contributed by atoms with van der Waals surface area (Å²) in [7, 11) is 3.76. The Labute approximate surface area is 165 Å². The molecule has 1 atom stereocenters. The van der Waals surface area contributed by atoms with Crippen LogP contribution in [0, 0.1) is 0 Å². The second-order valence-corrected chi connectivity index (χ2v) is 5.81. The highest BCUT2D eigenvalue weighted by atomic mass is 127. The molecule has 0 radical (unpaired) electrons. The summed E-state index contributed by atoms with van der Waals surface area (Å²) >= 11 is 5.95. The third-order valence-corrected chi connectivity index (χ3v) is 3.50. The lowest BCUT2D eigenvalue weighted by Crippen LogP contribution is -2.41. The van der Waals surface area contributed by atoms with Crippen LogP contribution in [-0.4, -0.2) is 30.2 Å². The van der Waals surface area contributed by atoms with Crippen molar-refractivity contribution in [2.75, 3.05) is 13.6 Å². The van der Waals surface area contributed by atoms with Crippen molar-refractivity contribution in [1.82, 2.24) is 15.2 Å². The fourth-order valence-corrected chi connectivity index (χ4v) is 2.31. The third kappa shape index (κ3) is 7.00. The average molecular weight is 463 g/mol. The molecule has 0 aliphatic rings. The Morgan fingerprint density at radius 2 is 2.12 bits per heavy atom. The molecule has 2 rings (SSSR count). The summed E-state index contributed by atoms with van der Waals surface area (Å²) in [6.07, 6.45) is 4.09. The molecule has 0 aliphatic heterocycles. The van der Waals surface area contributed by atoms with Crippen LogP contribution in [0.25, 0.3) is 0 Å². The van der Waals surface area contributed by atoms with Gasteiger partial charge in [0.15, 0.2) is 5.96 Å². The average Bonchev–Trinajstić information content (AvgIpc) is 2.93. The Morgan fingerprint density at radius 3 is 2.75 bits per heavy atom. The van der Waals surface area contributed by atoms with Crippen LogP contribution in [0.2, 0.25) is 5.02 Å². The van der Waals surface area contributed by atoms with E-state index >= 15 is 0 Å². The van der Waals surface area contributed by atoms with Crippen LogP contribution < -0.4 is 15.4 Å². The fourth-order valence-electron chi connectivity index (χ4n) is 2.13. The van der Waals surface area contributed by atoms with Gasteiger partial charge in [0.25, 0.3) is 0 Å². The second-order valence-electron chi connectivity index (χ2n) is 5.38. The molecular weight excluding hydrogens is 439 g/mol. The van der Waals surface area contributed by atoms with Gasteiger partial charge in [0.2, 0.25) is 0 Å². The highest BCUT2D eigenvalue weighted by Crippen LogP contribution is 2.18. The maximum absolute atomic E-state index is 5.95. The first-order valence-corrected chi connectivity index (χ1v) is 7.92. The summed E-state index contributed by atoms with van der Waals surface area (Å²) in [5.74, 6) is 1.51. The van der Waals surface area contributed by atoms with Crippen molar-refractivity contribution < 1.29 is 4.74 Å². The Balaban J connectivity index is 0.00000288. The minimum absolute atomic E-state index is 0. The van der Waals surface area contributed by atoms with E-state index < -0.39 is 0 Å². The molecule has 7 heteroatoms. The highest BCUT2D eigenvalue weighted by Gasteiger charge is 2.06. The van der Waals surface area contributed by atoms with E-state index in [4.69, 9.17) is 16.3 Å². The predicted octanol–water partition coefficient (Wildman–Crippen LogP) is 3.43. The van der Waals surface area contributed by atoms with Gasteiger partial charge in [-0.2, -0.15) is 0 Å². The molecule has 5 nitrogen and oxygen atoms in total. The molecule has 0 bridgehead atoms. The van der Waals surface area contributed by atoms with E-state index in [1.165, 1.54) is 5.56 Å². The SMILES string of the molecule is CN=C(NCc1ccn(C)c1)NCC(C)Oc1cccc(Cl)c1.I. The number of rotatable bonds is 6. The van der Waals surface area contributed by atoms with Gasteiger partial charge in [0.05, 0.1) is 6.54 Å². The number of hydrogen-bond donors (Lipinski definition) is 2. The normalized spacial score (nSPS) is 12.2. The van der Waals surface area contributed by atoms with Crippen molar-refractivity contribution in [1.29, 1.82) is 0 Å². The van der Waals surface area contributed by atoms with E-state index in [2.05, 4.69) is 27.9 Å². The number of aliphatic imine (C=N–C) groups is 1. The zero-order valence-corrected chi connectivity index (χ0v) is 17.2. The molecule has 0 aliphatic carbocycles. The fraction of sp³-hybridized carbons (Fsp3) is 0.353. The monoisotopic (exact) mass is 462 g/mol. The van der Waals surface area contributed by atoms with Gasteiger partial charge in [-0.25, -0.2) is 0 Å². The summed E-state index contributed by atoms with van der Waals surface area (Å²) in [6.45, 7) is 3.36. The maximum Gasteiger partial charge on any atom is 0.191 e. The van der Waals surface area contributed by atoms with Crippen LogP contribution in [-0.2, 0) is 13.6 Å². The van der Waals surface area contributed by atoms with Crippen LogP contribution in [0.1, 0.15) is 12.5 Å². The second kappa shape index (κ2) is 10.5.